The van der Waals surface area contributed by atoms with E-state index in [2.05, 4.69) is 36.4 Å². The number of fused-ring (bicyclic) bond motifs is 1. The zero-order valence-electron chi connectivity index (χ0n) is 16.7. The zero-order valence-corrected chi connectivity index (χ0v) is 16.7. The minimum Gasteiger partial charge on any atom is -0.493 e. The molecule has 0 aliphatic carbocycles. The van der Waals surface area contributed by atoms with Gasteiger partial charge in [-0.2, -0.15) is 0 Å². The smallest absolute Gasteiger partial charge is 0.315 e. The monoisotopic (exact) mass is 394 g/mol. The van der Waals surface area contributed by atoms with E-state index in [9.17, 15) is 4.79 Å². The summed E-state index contributed by atoms with van der Waals surface area (Å²) < 4.78 is 11.0. The highest BCUT2D eigenvalue weighted by Crippen LogP contribution is 2.29. The van der Waals surface area contributed by atoms with Gasteiger partial charge in [-0.05, 0) is 39.6 Å². The minimum atomic E-state index is -0.321. The molecule has 4 aromatic rings. The average Bonchev–Trinajstić information content (AvgIpc) is 2.79. The van der Waals surface area contributed by atoms with E-state index in [0.29, 0.717) is 11.5 Å². The highest BCUT2D eigenvalue weighted by atomic mass is 16.6. The second-order valence-electron chi connectivity index (χ2n) is 6.95. The van der Waals surface area contributed by atoms with Gasteiger partial charge < -0.3 is 9.47 Å². The first-order valence-electron chi connectivity index (χ1n) is 9.81. The lowest BCUT2D eigenvalue weighted by Gasteiger charge is -2.10. The van der Waals surface area contributed by atoms with Crippen molar-refractivity contribution in [1.29, 1.82) is 0 Å². The topological polar surface area (TPSA) is 35.5 Å². The van der Waals surface area contributed by atoms with Gasteiger partial charge in [0, 0.05) is 0 Å². The van der Waals surface area contributed by atoms with Gasteiger partial charge in [0.05, 0.1) is 13.5 Å². The van der Waals surface area contributed by atoms with Crippen molar-refractivity contribution in [2.75, 3.05) is 7.11 Å². The van der Waals surface area contributed by atoms with Gasteiger partial charge >= 0.3 is 5.97 Å². The van der Waals surface area contributed by atoms with E-state index in [4.69, 9.17) is 9.47 Å². The third-order valence-electron chi connectivity index (χ3n) is 4.88. The van der Waals surface area contributed by atoms with Crippen LogP contribution in [0, 0.1) is 0 Å². The molecule has 0 aliphatic rings. The molecule has 0 aromatic heterocycles. The van der Waals surface area contributed by atoms with Crippen LogP contribution in [0.3, 0.4) is 0 Å². The van der Waals surface area contributed by atoms with Gasteiger partial charge in [0.25, 0.3) is 0 Å². The van der Waals surface area contributed by atoms with Gasteiger partial charge in [-0.25, -0.2) is 0 Å². The van der Waals surface area contributed by atoms with Crippen LogP contribution in [0.25, 0.3) is 22.9 Å². The molecule has 0 spiro atoms. The van der Waals surface area contributed by atoms with E-state index in [0.717, 1.165) is 16.7 Å². The predicted octanol–water partition coefficient (Wildman–Crippen LogP) is 6.17. The van der Waals surface area contributed by atoms with E-state index in [1.165, 1.54) is 10.8 Å². The number of hydrogen-bond acceptors (Lipinski definition) is 3. The first kappa shape index (κ1) is 19.5. The van der Waals surface area contributed by atoms with Crippen molar-refractivity contribution in [3.8, 4) is 11.5 Å². The largest absolute Gasteiger partial charge is 0.493 e. The normalized spacial score (nSPS) is 11.0. The van der Waals surface area contributed by atoms with Crippen LogP contribution in [0.5, 0.6) is 11.5 Å². The Balaban J connectivity index is 1.52. The number of methoxy groups -OCH3 is 1. The predicted molar refractivity (Wildman–Crippen MR) is 122 cm³/mol. The van der Waals surface area contributed by atoms with Crippen LogP contribution < -0.4 is 9.47 Å². The number of esters is 1. The van der Waals surface area contributed by atoms with E-state index in [-0.39, 0.29) is 12.4 Å². The molecule has 30 heavy (non-hydrogen) atoms. The Morgan fingerprint density at radius 3 is 2.40 bits per heavy atom. The number of benzene rings is 4. The van der Waals surface area contributed by atoms with Crippen molar-refractivity contribution in [2.45, 2.75) is 6.42 Å². The Kier molecular flexibility index (Phi) is 5.90. The lowest BCUT2D eigenvalue weighted by Crippen LogP contribution is -2.11. The first-order chi connectivity index (χ1) is 14.7. The van der Waals surface area contributed by atoms with Crippen molar-refractivity contribution >= 4 is 28.9 Å². The van der Waals surface area contributed by atoms with E-state index in [1.54, 1.807) is 13.2 Å². The molecule has 0 aliphatic heterocycles. The molecule has 0 saturated carbocycles. The molecular formula is C27H22O3. The highest BCUT2D eigenvalue weighted by molar-refractivity contribution is 5.92. The molecule has 0 amide bonds. The van der Waals surface area contributed by atoms with Crippen molar-refractivity contribution in [1.82, 2.24) is 0 Å². The molecule has 0 fully saturated rings. The molecule has 4 rings (SSSR count). The van der Waals surface area contributed by atoms with Crippen LogP contribution in [0.15, 0.2) is 91.0 Å². The van der Waals surface area contributed by atoms with Crippen molar-refractivity contribution in [3.63, 3.8) is 0 Å². The Labute approximate surface area is 176 Å². The van der Waals surface area contributed by atoms with Crippen LogP contribution in [0.1, 0.15) is 16.7 Å². The summed E-state index contributed by atoms with van der Waals surface area (Å²) in [5, 5.41) is 2.41. The van der Waals surface area contributed by atoms with Crippen LogP contribution in [0.2, 0.25) is 0 Å². The number of carbonyl (C=O) groups excluding carboxylic acids is 1. The summed E-state index contributed by atoms with van der Waals surface area (Å²) in [6, 6.07) is 29.6. The van der Waals surface area contributed by atoms with Gasteiger partial charge in [0.2, 0.25) is 0 Å². The second-order valence-corrected chi connectivity index (χ2v) is 6.95. The van der Waals surface area contributed by atoms with Crippen molar-refractivity contribution < 1.29 is 14.3 Å². The quantitative estimate of drug-likeness (QED) is 0.223. The Morgan fingerprint density at radius 1 is 0.800 bits per heavy atom. The maximum Gasteiger partial charge on any atom is 0.315 e. The molecule has 0 radical (unpaired) electrons. The van der Waals surface area contributed by atoms with Gasteiger partial charge in [0.15, 0.2) is 11.5 Å². The van der Waals surface area contributed by atoms with Crippen LogP contribution >= 0.6 is 0 Å². The molecule has 3 heteroatoms. The molecule has 0 unspecified atom stereocenters. The second kappa shape index (κ2) is 9.10. The van der Waals surface area contributed by atoms with Gasteiger partial charge in [-0.15, -0.1) is 0 Å². The lowest BCUT2D eigenvalue weighted by molar-refractivity contribution is -0.133. The molecule has 4 aromatic carbocycles. The number of hydrogen-bond donors (Lipinski definition) is 0. The summed E-state index contributed by atoms with van der Waals surface area (Å²) in [6.45, 7) is 0. The molecule has 0 atom stereocenters. The highest BCUT2D eigenvalue weighted by Gasteiger charge is 2.11. The molecular weight excluding hydrogens is 372 g/mol. The van der Waals surface area contributed by atoms with Gasteiger partial charge in [-0.3, -0.25) is 4.79 Å². The minimum absolute atomic E-state index is 0.215. The third kappa shape index (κ3) is 4.58. The molecule has 3 nitrogen and oxygen atoms in total. The van der Waals surface area contributed by atoms with E-state index < -0.39 is 0 Å². The Morgan fingerprint density at radius 2 is 1.57 bits per heavy atom. The lowest BCUT2D eigenvalue weighted by atomic mass is 10.0. The molecule has 148 valence electrons. The van der Waals surface area contributed by atoms with Crippen LogP contribution in [0.4, 0.5) is 0 Å². The summed E-state index contributed by atoms with van der Waals surface area (Å²) in [5.41, 5.74) is 3.02. The number of rotatable bonds is 6. The Bertz CT molecular complexity index is 1190. The maximum absolute atomic E-state index is 12.3. The molecule has 0 bridgehead atoms. The summed E-state index contributed by atoms with van der Waals surface area (Å²) in [6.07, 6.45) is 4.32. The number of ether oxygens (including phenoxy) is 2. The standard InChI is InChI=1S/C27H22O3/c1-29-26-18-21(14-16-23-12-7-11-22-10-5-6-13-24(22)23)15-17-25(26)30-27(28)19-20-8-3-2-4-9-20/h2-18H,19H2,1H3. The van der Waals surface area contributed by atoms with Gasteiger partial charge in [-0.1, -0.05) is 91.0 Å². The van der Waals surface area contributed by atoms with Gasteiger partial charge in [0.1, 0.15) is 0 Å². The fraction of sp³-hybridized carbons (Fsp3) is 0.0741. The molecule has 0 heterocycles. The van der Waals surface area contributed by atoms with Crippen molar-refractivity contribution in [2.24, 2.45) is 0 Å². The van der Waals surface area contributed by atoms with Crippen LogP contribution in [-0.4, -0.2) is 13.1 Å². The maximum atomic E-state index is 12.3. The Hall–Kier alpha value is -3.85. The van der Waals surface area contributed by atoms with Crippen LogP contribution in [-0.2, 0) is 11.2 Å². The molecule has 0 saturated heterocycles. The van der Waals surface area contributed by atoms with Crippen molar-refractivity contribution in [3.05, 3.63) is 108 Å². The summed E-state index contributed by atoms with van der Waals surface area (Å²) in [7, 11) is 1.57. The van der Waals surface area contributed by atoms with E-state index in [1.807, 2.05) is 60.7 Å². The summed E-state index contributed by atoms with van der Waals surface area (Å²) in [5.74, 6) is 0.621. The fourth-order valence-electron chi connectivity index (χ4n) is 3.38. The fourth-order valence-corrected chi connectivity index (χ4v) is 3.38. The third-order valence-corrected chi connectivity index (χ3v) is 4.88. The number of carbonyl (C=O) groups is 1. The van der Waals surface area contributed by atoms with E-state index >= 15 is 0 Å². The SMILES string of the molecule is COc1cc(C=Cc2cccc3ccccc23)ccc1OC(=O)Cc1ccccc1. The average molecular weight is 394 g/mol. The first-order valence-corrected chi connectivity index (χ1v) is 9.81. The summed E-state index contributed by atoms with van der Waals surface area (Å²) in [4.78, 5) is 12.3. The zero-order chi connectivity index (χ0) is 20.8. The summed E-state index contributed by atoms with van der Waals surface area (Å²) >= 11 is 0. The molecule has 0 N–H and O–H groups in total.